The van der Waals surface area contributed by atoms with E-state index in [0.717, 1.165) is 5.01 Å². The summed E-state index contributed by atoms with van der Waals surface area (Å²) >= 11 is 1.39. The molecule has 1 aromatic rings. The highest BCUT2D eigenvalue weighted by atomic mass is 32.1. The Morgan fingerprint density at radius 1 is 1.44 bits per heavy atom. The van der Waals surface area contributed by atoms with E-state index < -0.39 is 17.4 Å². The predicted molar refractivity (Wildman–Crippen MR) is 69.6 cm³/mol. The molecule has 1 rings (SSSR count). The van der Waals surface area contributed by atoms with Crippen molar-refractivity contribution in [3.05, 3.63) is 16.1 Å². The molecule has 0 aromatic carbocycles. The van der Waals surface area contributed by atoms with Crippen LogP contribution in [0, 0.1) is 12.3 Å². The number of nitrogens with zero attached hydrogens (tertiary/aromatic N) is 1. The van der Waals surface area contributed by atoms with Crippen LogP contribution < -0.4 is 5.32 Å². The fourth-order valence-corrected chi connectivity index (χ4v) is 2.01. The van der Waals surface area contributed by atoms with Crippen molar-refractivity contribution >= 4 is 23.2 Å². The second-order valence-electron chi connectivity index (χ2n) is 5.05. The van der Waals surface area contributed by atoms with E-state index in [2.05, 4.69) is 10.3 Å². The highest BCUT2D eigenvalue weighted by Crippen LogP contribution is 2.21. The minimum atomic E-state index is -0.697. The molecule has 18 heavy (non-hydrogen) atoms. The fourth-order valence-electron chi connectivity index (χ4n) is 1.42. The number of carbonyl (C=O) groups excluding carboxylic acids is 2. The van der Waals surface area contributed by atoms with Crippen LogP contribution in [0.4, 0.5) is 0 Å². The number of aryl methyl sites for hydroxylation is 1. The molecule has 0 fully saturated rings. The van der Waals surface area contributed by atoms with E-state index in [-0.39, 0.29) is 5.91 Å². The maximum atomic E-state index is 12.0. The molecule has 1 atom stereocenters. The van der Waals surface area contributed by atoms with Gasteiger partial charge in [-0.25, -0.2) is 9.78 Å². The Bertz CT molecular complexity index is 448. The van der Waals surface area contributed by atoms with Gasteiger partial charge in [-0.3, -0.25) is 4.79 Å². The lowest BCUT2D eigenvalue weighted by Crippen LogP contribution is -2.49. The molecule has 0 bridgehead atoms. The van der Waals surface area contributed by atoms with Gasteiger partial charge >= 0.3 is 5.97 Å². The van der Waals surface area contributed by atoms with Crippen molar-refractivity contribution in [1.29, 1.82) is 0 Å². The molecule has 0 aliphatic carbocycles. The highest BCUT2D eigenvalue weighted by Gasteiger charge is 2.34. The van der Waals surface area contributed by atoms with E-state index in [1.54, 1.807) is 5.38 Å². The number of aromatic nitrogens is 1. The molecule has 0 spiro atoms. The maximum absolute atomic E-state index is 12.0. The van der Waals surface area contributed by atoms with Crippen LogP contribution in [0.25, 0.3) is 0 Å². The molecule has 1 unspecified atom stereocenters. The zero-order valence-electron chi connectivity index (χ0n) is 11.2. The Balaban J connectivity index is 2.85. The number of methoxy groups -OCH3 is 1. The fraction of sp³-hybridized carbons (Fsp3) is 0.583. The minimum absolute atomic E-state index is 0.329. The smallest absolute Gasteiger partial charge is 0.328 e. The third-order valence-corrected chi connectivity index (χ3v) is 3.20. The van der Waals surface area contributed by atoms with Gasteiger partial charge in [-0.1, -0.05) is 20.8 Å². The number of esters is 1. The predicted octanol–water partition coefficient (Wildman–Crippen LogP) is 1.77. The quantitative estimate of drug-likeness (QED) is 0.850. The Morgan fingerprint density at radius 3 is 2.44 bits per heavy atom. The van der Waals surface area contributed by atoms with Gasteiger partial charge in [0, 0.05) is 5.38 Å². The van der Waals surface area contributed by atoms with Crippen molar-refractivity contribution in [2.45, 2.75) is 33.7 Å². The molecule has 1 heterocycles. The third-order valence-electron chi connectivity index (χ3n) is 2.43. The second-order valence-corrected chi connectivity index (χ2v) is 6.11. The van der Waals surface area contributed by atoms with Crippen LogP contribution in [0.2, 0.25) is 0 Å². The molecule has 1 N–H and O–H groups in total. The third kappa shape index (κ3) is 3.53. The van der Waals surface area contributed by atoms with E-state index in [1.165, 1.54) is 18.4 Å². The van der Waals surface area contributed by atoms with Crippen molar-refractivity contribution in [3.8, 4) is 0 Å². The van der Waals surface area contributed by atoms with Gasteiger partial charge in [0.25, 0.3) is 5.91 Å². The van der Waals surface area contributed by atoms with E-state index >= 15 is 0 Å². The van der Waals surface area contributed by atoms with Crippen LogP contribution >= 0.6 is 11.3 Å². The number of thiazole rings is 1. The van der Waals surface area contributed by atoms with Crippen molar-refractivity contribution in [3.63, 3.8) is 0 Å². The van der Waals surface area contributed by atoms with Gasteiger partial charge < -0.3 is 10.1 Å². The van der Waals surface area contributed by atoms with Crippen LogP contribution in [0.15, 0.2) is 5.38 Å². The molecule has 1 amide bonds. The summed E-state index contributed by atoms with van der Waals surface area (Å²) in [6, 6.07) is -0.697. The molecule has 0 aliphatic heterocycles. The Hall–Kier alpha value is -1.43. The monoisotopic (exact) mass is 270 g/mol. The highest BCUT2D eigenvalue weighted by molar-refractivity contribution is 7.09. The average Bonchev–Trinajstić information content (AvgIpc) is 2.70. The lowest BCUT2D eigenvalue weighted by atomic mass is 9.86. The number of nitrogens with one attached hydrogen (secondary N) is 1. The first kappa shape index (κ1) is 14.6. The lowest BCUT2D eigenvalue weighted by molar-refractivity contribution is -0.145. The summed E-state index contributed by atoms with van der Waals surface area (Å²) in [5.41, 5.74) is -0.0935. The second kappa shape index (κ2) is 5.48. The number of amides is 1. The number of rotatable bonds is 3. The van der Waals surface area contributed by atoms with Crippen molar-refractivity contribution in [1.82, 2.24) is 10.3 Å². The van der Waals surface area contributed by atoms with Gasteiger partial charge in [0.1, 0.15) is 11.7 Å². The molecule has 1 aromatic heterocycles. The molecule has 5 nitrogen and oxygen atoms in total. The summed E-state index contributed by atoms with van der Waals surface area (Å²) in [7, 11) is 1.31. The molecule has 6 heteroatoms. The molecule has 0 saturated heterocycles. The summed E-state index contributed by atoms with van der Waals surface area (Å²) in [5.74, 6) is -0.813. The topological polar surface area (TPSA) is 68.3 Å². The summed E-state index contributed by atoms with van der Waals surface area (Å²) in [6.45, 7) is 7.41. The largest absolute Gasteiger partial charge is 0.467 e. The lowest BCUT2D eigenvalue weighted by Gasteiger charge is -2.28. The molecule has 0 saturated carbocycles. The standard InChI is InChI=1S/C12H18N2O3S/c1-7-13-8(6-18-7)10(15)14-9(11(16)17-5)12(2,3)4/h6,9H,1-5H3,(H,14,15). The van der Waals surface area contributed by atoms with Gasteiger partial charge in [0.15, 0.2) is 0 Å². The minimum Gasteiger partial charge on any atom is -0.467 e. The van der Waals surface area contributed by atoms with Gasteiger partial charge in [-0.2, -0.15) is 0 Å². The van der Waals surface area contributed by atoms with Crippen LogP contribution in [-0.4, -0.2) is 30.0 Å². The van der Waals surface area contributed by atoms with Gasteiger partial charge in [-0.15, -0.1) is 11.3 Å². The molecule has 0 radical (unpaired) electrons. The van der Waals surface area contributed by atoms with Crippen LogP contribution in [0.5, 0.6) is 0 Å². The van der Waals surface area contributed by atoms with E-state index in [0.29, 0.717) is 5.69 Å². The van der Waals surface area contributed by atoms with E-state index in [9.17, 15) is 9.59 Å². The van der Waals surface area contributed by atoms with Crippen molar-refractivity contribution in [2.24, 2.45) is 5.41 Å². The summed E-state index contributed by atoms with van der Waals surface area (Å²) < 4.78 is 4.71. The zero-order chi connectivity index (χ0) is 13.9. The first-order chi connectivity index (χ1) is 8.25. The Labute approximate surface area is 111 Å². The number of hydrogen-bond acceptors (Lipinski definition) is 5. The van der Waals surface area contributed by atoms with Crippen LogP contribution in [-0.2, 0) is 9.53 Å². The van der Waals surface area contributed by atoms with Gasteiger partial charge in [0.2, 0.25) is 0 Å². The van der Waals surface area contributed by atoms with Gasteiger partial charge in [-0.05, 0) is 12.3 Å². The van der Waals surface area contributed by atoms with Crippen LogP contribution in [0.3, 0.4) is 0 Å². The Kier molecular flexibility index (Phi) is 4.45. The summed E-state index contributed by atoms with van der Waals surface area (Å²) in [5, 5.41) is 5.15. The zero-order valence-corrected chi connectivity index (χ0v) is 12.1. The normalized spacial score (nSPS) is 12.9. The molecule has 0 aliphatic rings. The van der Waals surface area contributed by atoms with Crippen molar-refractivity contribution < 1.29 is 14.3 Å². The Morgan fingerprint density at radius 2 is 2.06 bits per heavy atom. The van der Waals surface area contributed by atoms with Crippen molar-refractivity contribution in [2.75, 3.05) is 7.11 Å². The first-order valence-electron chi connectivity index (χ1n) is 5.56. The average molecular weight is 270 g/mol. The summed E-state index contributed by atoms with van der Waals surface area (Å²) in [6.07, 6.45) is 0. The maximum Gasteiger partial charge on any atom is 0.328 e. The van der Waals surface area contributed by atoms with E-state index in [4.69, 9.17) is 4.74 Å². The summed E-state index contributed by atoms with van der Waals surface area (Å²) in [4.78, 5) is 27.7. The molecular formula is C12H18N2O3S. The molecule has 100 valence electrons. The SMILES string of the molecule is COC(=O)C(NC(=O)c1csc(C)n1)C(C)(C)C. The van der Waals surface area contributed by atoms with Crippen LogP contribution in [0.1, 0.15) is 36.3 Å². The number of ether oxygens (including phenoxy) is 1. The van der Waals surface area contributed by atoms with Gasteiger partial charge in [0.05, 0.1) is 12.1 Å². The first-order valence-corrected chi connectivity index (χ1v) is 6.44. The number of carbonyl (C=O) groups is 2. The molecular weight excluding hydrogens is 252 g/mol. The number of hydrogen-bond donors (Lipinski definition) is 1. The van der Waals surface area contributed by atoms with E-state index in [1.807, 2.05) is 27.7 Å².